The largest absolute Gasteiger partial charge is 0.462 e. The maximum atomic E-state index is 13.4. The molecule has 1 aromatic carbocycles. The molecule has 2 heterocycles. The molecule has 0 amide bonds. The standard InChI is InChI=1S/C20H19FN2O3/c1-4-26-20(25)17-16(12-5-7-13(21)8-6-12)14-9-10-15(24)22-19(14)23-18(17)11(2)3/h5-11H,4H2,1-3H3,(H,22,23,24). The van der Waals surface area contributed by atoms with Crippen LogP contribution < -0.4 is 5.56 Å². The van der Waals surface area contributed by atoms with Crippen LogP contribution in [-0.2, 0) is 4.74 Å². The van der Waals surface area contributed by atoms with E-state index in [1.54, 1.807) is 25.1 Å². The quantitative estimate of drug-likeness (QED) is 0.718. The number of hydrogen-bond acceptors (Lipinski definition) is 4. The molecule has 3 aromatic rings. The number of rotatable bonds is 4. The molecular formula is C20H19FN2O3. The first-order valence-electron chi connectivity index (χ1n) is 8.42. The monoisotopic (exact) mass is 354 g/mol. The highest BCUT2D eigenvalue weighted by Crippen LogP contribution is 2.35. The Bertz CT molecular complexity index is 1020. The number of carbonyl (C=O) groups is 1. The van der Waals surface area contributed by atoms with Gasteiger partial charge in [-0.1, -0.05) is 26.0 Å². The Hall–Kier alpha value is -3.02. The van der Waals surface area contributed by atoms with Gasteiger partial charge in [-0.05, 0) is 36.6 Å². The maximum absolute atomic E-state index is 13.4. The predicted octanol–water partition coefficient (Wildman–Crippen LogP) is 4.03. The van der Waals surface area contributed by atoms with Gasteiger partial charge >= 0.3 is 5.97 Å². The molecule has 0 aliphatic rings. The normalized spacial score (nSPS) is 11.1. The summed E-state index contributed by atoms with van der Waals surface area (Å²) in [6, 6.07) is 8.85. The van der Waals surface area contributed by atoms with Crippen LogP contribution in [0.25, 0.3) is 22.2 Å². The summed E-state index contributed by atoms with van der Waals surface area (Å²) < 4.78 is 18.7. The molecule has 0 aliphatic carbocycles. The Morgan fingerprint density at radius 1 is 1.19 bits per heavy atom. The van der Waals surface area contributed by atoms with Crippen LogP contribution in [0.2, 0.25) is 0 Å². The first-order chi connectivity index (χ1) is 12.4. The molecule has 6 heteroatoms. The minimum Gasteiger partial charge on any atom is -0.462 e. The first-order valence-corrected chi connectivity index (χ1v) is 8.42. The third-order valence-electron chi connectivity index (χ3n) is 4.07. The van der Waals surface area contributed by atoms with Gasteiger partial charge in [0.25, 0.3) is 0 Å². The number of carbonyl (C=O) groups excluding carboxylic acids is 1. The van der Waals surface area contributed by atoms with E-state index in [0.29, 0.717) is 33.4 Å². The van der Waals surface area contributed by atoms with Gasteiger partial charge in [-0.15, -0.1) is 0 Å². The Morgan fingerprint density at radius 2 is 1.88 bits per heavy atom. The van der Waals surface area contributed by atoms with E-state index in [4.69, 9.17) is 4.74 Å². The van der Waals surface area contributed by atoms with E-state index in [-0.39, 0.29) is 23.9 Å². The molecule has 2 aromatic heterocycles. The molecule has 0 unspecified atom stereocenters. The summed E-state index contributed by atoms with van der Waals surface area (Å²) >= 11 is 0. The van der Waals surface area contributed by atoms with Crippen LogP contribution in [0.3, 0.4) is 0 Å². The van der Waals surface area contributed by atoms with Crippen molar-refractivity contribution < 1.29 is 13.9 Å². The van der Waals surface area contributed by atoms with Crippen LogP contribution >= 0.6 is 0 Å². The third kappa shape index (κ3) is 3.22. The average Bonchev–Trinajstić information content (AvgIpc) is 2.60. The lowest BCUT2D eigenvalue weighted by Gasteiger charge is -2.18. The zero-order valence-electron chi connectivity index (χ0n) is 14.8. The molecule has 26 heavy (non-hydrogen) atoms. The minimum atomic E-state index is -0.490. The second-order valence-corrected chi connectivity index (χ2v) is 6.21. The molecular weight excluding hydrogens is 335 g/mol. The number of fused-ring (bicyclic) bond motifs is 1. The molecule has 0 bridgehead atoms. The van der Waals surface area contributed by atoms with Crippen molar-refractivity contribution in [3.63, 3.8) is 0 Å². The van der Waals surface area contributed by atoms with Crippen molar-refractivity contribution in [2.45, 2.75) is 26.7 Å². The minimum absolute atomic E-state index is 0.0817. The highest BCUT2D eigenvalue weighted by atomic mass is 19.1. The number of esters is 1. The molecule has 1 N–H and O–H groups in total. The van der Waals surface area contributed by atoms with E-state index in [1.165, 1.54) is 18.2 Å². The number of ether oxygens (including phenoxy) is 1. The van der Waals surface area contributed by atoms with E-state index in [9.17, 15) is 14.0 Å². The fraction of sp³-hybridized carbons (Fsp3) is 0.250. The summed E-state index contributed by atoms with van der Waals surface area (Å²) in [6.45, 7) is 5.78. The van der Waals surface area contributed by atoms with E-state index >= 15 is 0 Å². The molecule has 0 aliphatic heterocycles. The van der Waals surface area contributed by atoms with Crippen LogP contribution in [-0.4, -0.2) is 22.5 Å². The summed E-state index contributed by atoms with van der Waals surface area (Å²) in [4.78, 5) is 31.7. The van der Waals surface area contributed by atoms with Crippen LogP contribution in [0, 0.1) is 5.82 Å². The smallest absolute Gasteiger partial charge is 0.340 e. The molecule has 0 radical (unpaired) electrons. The van der Waals surface area contributed by atoms with Crippen molar-refractivity contribution >= 4 is 17.0 Å². The maximum Gasteiger partial charge on any atom is 0.340 e. The van der Waals surface area contributed by atoms with Crippen molar-refractivity contribution in [1.29, 1.82) is 0 Å². The summed E-state index contributed by atoms with van der Waals surface area (Å²) in [5, 5.41) is 0.601. The predicted molar refractivity (Wildman–Crippen MR) is 97.8 cm³/mol. The highest BCUT2D eigenvalue weighted by molar-refractivity contribution is 6.07. The van der Waals surface area contributed by atoms with Crippen molar-refractivity contribution in [3.8, 4) is 11.1 Å². The van der Waals surface area contributed by atoms with Gasteiger partial charge in [0.1, 0.15) is 11.5 Å². The van der Waals surface area contributed by atoms with Gasteiger partial charge in [0.2, 0.25) is 5.56 Å². The SMILES string of the molecule is CCOC(=O)c1c(C(C)C)nc2[nH]c(=O)ccc2c1-c1ccc(F)cc1. The summed E-state index contributed by atoms with van der Waals surface area (Å²) in [5.41, 5.74) is 2.19. The Labute approximate surface area is 149 Å². The van der Waals surface area contributed by atoms with E-state index in [2.05, 4.69) is 9.97 Å². The molecule has 0 saturated carbocycles. The first kappa shape index (κ1) is 17.8. The second-order valence-electron chi connectivity index (χ2n) is 6.21. The Morgan fingerprint density at radius 3 is 2.50 bits per heavy atom. The average molecular weight is 354 g/mol. The van der Waals surface area contributed by atoms with Crippen molar-refractivity contribution in [3.05, 3.63) is 63.8 Å². The lowest BCUT2D eigenvalue weighted by molar-refractivity contribution is 0.0525. The van der Waals surface area contributed by atoms with Gasteiger partial charge in [0, 0.05) is 17.0 Å². The van der Waals surface area contributed by atoms with Gasteiger partial charge < -0.3 is 9.72 Å². The van der Waals surface area contributed by atoms with Gasteiger partial charge in [-0.25, -0.2) is 14.2 Å². The third-order valence-corrected chi connectivity index (χ3v) is 4.07. The second kappa shape index (κ2) is 7.07. The van der Waals surface area contributed by atoms with Gasteiger partial charge in [-0.2, -0.15) is 0 Å². The van der Waals surface area contributed by atoms with Crippen LogP contribution in [0.15, 0.2) is 41.2 Å². The lowest BCUT2D eigenvalue weighted by atomic mass is 9.92. The number of benzene rings is 1. The molecule has 0 atom stereocenters. The number of nitrogens with zero attached hydrogens (tertiary/aromatic N) is 1. The molecule has 0 saturated heterocycles. The fourth-order valence-corrected chi connectivity index (χ4v) is 2.94. The Balaban J connectivity index is 2.46. The lowest BCUT2D eigenvalue weighted by Crippen LogP contribution is -2.15. The summed E-state index contributed by atoms with van der Waals surface area (Å²) in [6.07, 6.45) is 0. The number of nitrogens with one attached hydrogen (secondary N) is 1. The van der Waals surface area contributed by atoms with Gasteiger partial charge in [0.05, 0.1) is 17.9 Å². The van der Waals surface area contributed by atoms with E-state index in [1.807, 2.05) is 13.8 Å². The molecule has 3 rings (SSSR count). The number of halogens is 1. The van der Waals surface area contributed by atoms with Crippen molar-refractivity contribution in [1.82, 2.24) is 9.97 Å². The van der Waals surface area contributed by atoms with E-state index < -0.39 is 5.97 Å². The van der Waals surface area contributed by atoms with Crippen molar-refractivity contribution in [2.24, 2.45) is 0 Å². The Kier molecular flexibility index (Phi) is 4.84. The number of pyridine rings is 2. The van der Waals surface area contributed by atoms with Crippen LogP contribution in [0.1, 0.15) is 42.7 Å². The van der Waals surface area contributed by atoms with Crippen LogP contribution in [0.4, 0.5) is 4.39 Å². The van der Waals surface area contributed by atoms with Gasteiger partial charge in [-0.3, -0.25) is 4.79 Å². The number of H-pyrrole nitrogens is 1. The zero-order chi connectivity index (χ0) is 18.8. The topological polar surface area (TPSA) is 72.0 Å². The fourth-order valence-electron chi connectivity index (χ4n) is 2.94. The molecule has 0 spiro atoms. The molecule has 5 nitrogen and oxygen atoms in total. The number of hydrogen-bond donors (Lipinski definition) is 1. The molecule has 0 fully saturated rings. The number of aromatic nitrogens is 2. The van der Waals surface area contributed by atoms with Crippen molar-refractivity contribution in [2.75, 3.05) is 6.61 Å². The highest BCUT2D eigenvalue weighted by Gasteiger charge is 2.25. The summed E-state index contributed by atoms with van der Waals surface area (Å²) in [7, 11) is 0. The van der Waals surface area contributed by atoms with Gasteiger partial charge in [0.15, 0.2) is 0 Å². The molecule has 134 valence electrons. The summed E-state index contributed by atoms with van der Waals surface area (Å²) in [5.74, 6) is -0.944. The number of aromatic amines is 1. The van der Waals surface area contributed by atoms with E-state index in [0.717, 1.165) is 0 Å². The van der Waals surface area contributed by atoms with Crippen LogP contribution in [0.5, 0.6) is 0 Å². The zero-order valence-corrected chi connectivity index (χ0v) is 14.8.